The summed E-state index contributed by atoms with van der Waals surface area (Å²) in [7, 11) is 0. The summed E-state index contributed by atoms with van der Waals surface area (Å²) >= 11 is 0. The second-order valence-electron chi connectivity index (χ2n) is 4.49. The molecule has 0 fully saturated rings. The van der Waals surface area contributed by atoms with Gasteiger partial charge in [-0.1, -0.05) is 32.0 Å². The van der Waals surface area contributed by atoms with Gasteiger partial charge in [-0.3, -0.25) is 0 Å². The molecule has 0 saturated heterocycles. The van der Waals surface area contributed by atoms with Gasteiger partial charge in [-0.25, -0.2) is 0 Å². The number of nitrogens with zero attached hydrogens (tertiary/aromatic N) is 1. The summed E-state index contributed by atoms with van der Waals surface area (Å²) in [5.74, 6) is 0. The normalized spacial score (nSPS) is 12.5. The minimum Gasteiger partial charge on any atom is -0.370 e. The van der Waals surface area contributed by atoms with Gasteiger partial charge in [-0.15, -0.1) is 0 Å². The fourth-order valence-electron chi connectivity index (χ4n) is 2.21. The van der Waals surface area contributed by atoms with Crippen LogP contribution in [-0.4, -0.2) is 25.7 Å². The van der Waals surface area contributed by atoms with E-state index in [4.69, 9.17) is 0 Å². The quantitative estimate of drug-likeness (QED) is 0.779. The standard InChI is InChI=1S/C15H26N2/c1-5-14(16-6-2)12-17(7-3)15-11-9-8-10-13(15)4/h8-11,14,16H,5-7,12H2,1-4H3. The third-order valence-corrected chi connectivity index (χ3v) is 3.26. The van der Waals surface area contributed by atoms with Gasteiger partial charge in [0.2, 0.25) is 0 Å². The van der Waals surface area contributed by atoms with E-state index in [9.17, 15) is 0 Å². The van der Waals surface area contributed by atoms with Gasteiger partial charge in [0.05, 0.1) is 0 Å². The molecule has 0 heterocycles. The van der Waals surface area contributed by atoms with Crippen molar-refractivity contribution in [2.75, 3.05) is 24.5 Å². The first-order valence-electron chi connectivity index (χ1n) is 6.76. The Labute approximate surface area is 106 Å². The van der Waals surface area contributed by atoms with Gasteiger partial charge in [-0.2, -0.15) is 0 Å². The molecule has 2 heteroatoms. The van der Waals surface area contributed by atoms with Crippen molar-refractivity contribution in [1.82, 2.24) is 5.32 Å². The summed E-state index contributed by atoms with van der Waals surface area (Å²) in [6, 6.07) is 9.22. The van der Waals surface area contributed by atoms with Crippen molar-refractivity contribution in [2.24, 2.45) is 0 Å². The molecular formula is C15H26N2. The van der Waals surface area contributed by atoms with Gasteiger partial charge in [0.1, 0.15) is 0 Å². The number of hydrogen-bond donors (Lipinski definition) is 1. The molecule has 96 valence electrons. The number of likely N-dealkylation sites (N-methyl/N-ethyl adjacent to an activating group) is 2. The zero-order chi connectivity index (χ0) is 12.7. The van der Waals surface area contributed by atoms with Crippen LogP contribution in [0.3, 0.4) is 0 Å². The van der Waals surface area contributed by atoms with E-state index in [2.05, 4.69) is 62.2 Å². The zero-order valence-electron chi connectivity index (χ0n) is 11.7. The SMILES string of the molecule is CCNC(CC)CN(CC)c1ccccc1C. The number of benzene rings is 1. The highest BCUT2D eigenvalue weighted by atomic mass is 15.1. The highest BCUT2D eigenvalue weighted by Crippen LogP contribution is 2.19. The molecule has 17 heavy (non-hydrogen) atoms. The van der Waals surface area contributed by atoms with Crippen LogP contribution >= 0.6 is 0 Å². The predicted octanol–water partition coefficient (Wildman–Crippen LogP) is 3.21. The molecule has 0 saturated carbocycles. The van der Waals surface area contributed by atoms with E-state index in [0.717, 1.165) is 19.6 Å². The number of aryl methyl sites for hydroxylation is 1. The number of para-hydroxylation sites is 1. The molecule has 0 aliphatic heterocycles. The highest BCUT2D eigenvalue weighted by molar-refractivity contribution is 5.52. The third kappa shape index (κ3) is 4.04. The fraction of sp³-hybridized carbons (Fsp3) is 0.600. The van der Waals surface area contributed by atoms with Crippen LogP contribution in [0.4, 0.5) is 5.69 Å². The third-order valence-electron chi connectivity index (χ3n) is 3.26. The molecule has 0 spiro atoms. The van der Waals surface area contributed by atoms with Gasteiger partial charge in [0.15, 0.2) is 0 Å². The number of nitrogens with one attached hydrogen (secondary N) is 1. The molecule has 0 amide bonds. The van der Waals surface area contributed by atoms with Crippen LogP contribution in [0.5, 0.6) is 0 Å². The summed E-state index contributed by atoms with van der Waals surface area (Å²) < 4.78 is 0. The number of hydrogen-bond acceptors (Lipinski definition) is 2. The van der Waals surface area contributed by atoms with Crippen molar-refractivity contribution in [2.45, 2.75) is 40.2 Å². The van der Waals surface area contributed by atoms with Gasteiger partial charge < -0.3 is 10.2 Å². The van der Waals surface area contributed by atoms with Crippen molar-refractivity contribution in [3.63, 3.8) is 0 Å². The van der Waals surface area contributed by atoms with E-state index in [1.165, 1.54) is 17.7 Å². The molecule has 2 nitrogen and oxygen atoms in total. The topological polar surface area (TPSA) is 15.3 Å². The summed E-state index contributed by atoms with van der Waals surface area (Å²) in [5.41, 5.74) is 2.73. The average molecular weight is 234 g/mol. The maximum absolute atomic E-state index is 3.54. The summed E-state index contributed by atoms with van der Waals surface area (Å²) in [6.07, 6.45) is 1.18. The van der Waals surface area contributed by atoms with Crippen molar-refractivity contribution in [3.8, 4) is 0 Å². The Morgan fingerprint density at radius 3 is 2.41 bits per heavy atom. The predicted molar refractivity (Wildman–Crippen MR) is 76.8 cm³/mol. The first kappa shape index (κ1) is 14.0. The molecule has 1 unspecified atom stereocenters. The zero-order valence-corrected chi connectivity index (χ0v) is 11.7. The minimum atomic E-state index is 0.583. The van der Waals surface area contributed by atoms with Crippen molar-refractivity contribution < 1.29 is 0 Å². The molecule has 1 rings (SSSR count). The van der Waals surface area contributed by atoms with Crippen LogP contribution in [0.2, 0.25) is 0 Å². The van der Waals surface area contributed by atoms with Crippen LogP contribution in [0.15, 0.2) is 24.3 Å². The Morgan fingerprint density at radius 1 is 1.18 bits per heavy atom. The fourth-order valence-corrected chi connectivity index (χ4v) is 2.21. The minimum absolute atomic E-state index is 0.583. The van der Waals surface area contributed by atoms with E-state index in [1.807, 2.05) is 0 Å². The summed E-state index contributed by atoms with van der Waals surface area (Å²) in [6.45, 7) is 12.0. The van der Waals surface area contributed by atoms with Crippen LogP contribution in [-0.2, 0) is 0 Å². The van der Waals surface area contributed by atoms with Gasteiger partial charge in [0.25, 0.3) is 0 Å². The molecule has 1 atom stereocenters. The van der Waals surface area contributed by atoms with Crippen LogP contribution in [0.1, 0.15) is 32.8 Å². The molecule has 0 radical (unpaired) electrons. The maximum Gasteiger partial charge on any atom is 0.0396 e. The van der Waals surface area contributed by atoms with E-state index in [0.29, 0.717) is 6.04 Å². The molecule has 0 bridgehead atoms. The molecule has 1 N–H and O–H groups in total. The van der Waals surface area contributed by atoms with Gasteiger partial charge in [-0.05, 0) is 38.4 Å². The van der Waals surface area contributed by atoms with E-state index < -0.39 is 0 Å². The van der Waals surface area contributed by atoms with Crippen LogP contribution < -0.4 is 10.2 Å². The first-order valence-corrected chi connectivity index (χ1v) is 6.76. The lowest BCUT2D eigenvalue weighted by atomic mass is 10.1. The Balaban J connectivity index is 2.74. The molecule has 1 aromatic rings. The second-order valence-corrected chi connectivity index (χ2v) is 4.49. The van der Waals surface area contributed by atoms with Crippen molar-refractivity contribution in [3.05, 3.63) is 29.8 Å². The smallest absolute Gasteiger partial charge is 0.0396 e. The van der Waals surface area contributed by atoms with Crippen LogP contribution in [0, 0.1) is 6.92 Å². The van der Waals surface area contributed by atoms with Gasteiger partial charge >= 0.3 is 0 Å². The lowest BCUT2D eigenvalue weighted by molar-refractivity contribution is 0.505. The first-order chi connectivity index (χ1) is 8.22. The lowest BCUT2D eigenvalue weighted by Gasteiger charge is -2.29. The maximum atomic E-state index is 3.54. The van der Waals surface area contributed by atoms with E-state index in [1.54, 1.807) is 0 Å². The van der Waals surface area contributed by atoms with E-state index in [-0.39, 0.29) is 0 Å². The number of rotatable bonds is 7. The number of anilines is 1. The van der Waals surface area contributed by atoms with E-state index >= 15 is 0 Å². The lowest BCUT2D eigenvalue weighted by Crippen LogP contribution is -2.41. The Kier molecular flexibility index (Phi) is 6.06. The van der Waals surface area contributed by atoms with Crippen molar-refractivity contribution >= 4 is 5.69 Å². The van der Waals surface area contributed by atoms with Crippen molar-refractivity contribution in [1.29, 1.82) is 0 Å². The molecule has 1 aromatic carbocycles. The largest absolute Gasteiger partial charge is 0.370 e. The van der Waals surface area contributed by atoms with Gasteiger partial charge in [0, 0.05) is 24.8 Å². The molecule has 0 aliphatic carbocycles. The molecule has 0 aliphatic rings. The summed E-state index contributed by atoms with van der Waals surface area (Å²) in [4.78, 5) is 2.46. The molecular weight excluding hydrogens is 208 g/mol. The molecule has 0 aromatic heterocycles. The Hall–Kier alpha value is -1.02. The van der Waals surface area contributed by atoms with Crippen LogP contribution in [0.25, 0.3) is 0 Å². The Bertz CT molecular complexity index is 322. The monoisotopic (exact) mass is 234 g/mol. The average Bonchev–Trinajstić information content (AvgIpc) is 2.35. The highest BCUT2D eigenvalue weighted by Gasteiger charge is 2.12. The second kappa shape index (κ2) is 7.33. The summed E-state index contributed by atoms with van der Waals surface area (Å²) in [5, 5.41) is 3.54. The Morgan fingerprint density at radius 2 is 1.88 bits per heavy atom.